The summed E-state index contributed by atoms with van der Waals surface area (Å²) in [7, 11) is 0. The third kappa shape index (κ3) is 2.72. The summed E-state index contributed by atoms with van der Waals surface area (Å²) in [5, 5.41) is 0. The van der Waals surface area contributed by atoms with Crippen LogP contribution >= 0.6 is 0 Å². The van der Waals surface area contributed by atoms with Crippen molar-refractivity contribution in [2.45, 2.75) is 32.7 Å². The molecule has 98 valence electrons. The molecule has 0 saturated carbocycles. The number of hydrogen-bond donors (Lipinski definition) is 1. The van der Waals surface area contributed by atoms with E-state index in [1.54, 1.807) is 0 Å². The maximum Gasteiger partial charge on any atom is 0.254 e. The summed E-state index contributed by atoms with van der Waals surface area (Å²) in [6, 6.07) is 8.20. The average molecular weight is 246 g/mol. The smallest absolute Gasteiger partial charge is 0.254 e. The van der Waals surface area contributed by atoms with E-state index >= 15 is 0 Å². The molecule has 0 aliphatic carbocycles. The van der Waals surface area contributed by atoms with Crippen molar-refractivity contribution in [2.24, 2.45) is 11.7 Å². The number of amides is 1. The van der Waals surface area contributed by atoms with Crippen molar-refractivity contribution in [3.05, 3.63) is 35.4 Å². The number of carbonyl (C=O) groups is 1. The van der Waals surface area contributed by atoms with E-state index in [0.717, 1.165) is 30.5 Å². The van der Waals surface area contributed by atoms with E-state index in [2.05, 4.69) is 13.8 Å². The summed E-state index contributed by atoms with van der Waals surface area (Å²) in [6.07, 6.45) is 1.93. The molecule has 3 nitrogen and oxygen atoms in total. The predicted molar refractivity (Wildman–Crippen MR) is 73.5 cm³/mol. The maximum atomic E-state index is 12.5. The summed E-state index contributed by atoms with van der Waals surface area (Å²) >= 11 is 0. The van der Waals surface area contributed by atoms with Gasteiger partial charge in [-0.05, 0) is 49.9 Å². The molecule has 1 amide bonds. The van der Waals surface area contributed by atoms with Crippen LogP contribution in [0.15, 0.2) is 24.3 Å². The van der Waals surface area contributed by atoms with Gasteiger partial charge in [-0.15, -0.1) is 0 Å². The number of likely N-dealkylation sites (tertiary alicyclic amines) is 1. The Morgan fingerprint density at radius 1 is 1.44 bits per heavy atom. The normalized spacial score (nSPS) is 23.4. The highest BCUT2D eigenvalue weighted by Gasteiger charge is 2.30. The van der Waals surface area contributed by atoms with Gasteiger partial charge in [0.25, 0.3) is 5.91 Å². The Morgan fingerprint density at radius 2 is 2.22 bits per heavy atom. The molecule has 18 heavy (non-hydrogen) atoms. The van der Waals surface area contributed by atoms with Gasteiger partial charge in [-0.3, -0.25) is 4.79 Å². The fraction of sp³-hybridized carbons (Fsp3) is 0.533. The molecule has 1 heterocycles. The lowest BCUT2D eigenvalue weighted by Gasteiger charge is -2.21. The first-order valence-corrected chi connectivity index (χ1v) is 6.71. The van der Waals surface area contributed by atoms with Crippen molar-refractivity contribution in [1.82, 2.24) is 4.90 Å². The minimum absolute atomic E-state index is 0.158. The zero-order valence-electron chi connectivity index (χ0n) is 11.2. The first-order chi connectivity index (χ1) is 8.61. The molecule has 1 aliphatic rings. The Bertz CT molecular complexity index is 430. The number of benzene rings is 1. The molecule has 1 aromatic rings. The van der Waals surface area contributed by atoms with E-state index in [0.29, 0.717) is 18.5 Å². The van der Waals surface area contributed by atoms with E-state index in [1.807, 2.05) is 29.2 Å². The highest BCUT2D eigenvalue weighted by molar-refractivity contribution is 5.94. The largest absolute Gasteiger partial charge is 0.336 e. The monoisotopic (exact) mass is 246 g/mol. The van der Waals surface area contributed by atoms with Crippen molar-refractivity contribution < 1.29 is 4.79 Å². The van der Waals surface area contributed by atoms with Crippen LogP contribution < -0.4 is 5.73 Å². The molecule has 2 N–H and O–H groups in total. The second-order valence-electron chi connectivity index (χ2n) is 5.39. The molecule has 0 aromatic heterocycles. The van der Waals surface area contributed by atoms with Crippen molar-refractivity contribution in [3.63, 3.8) is 0 Å². The SMILES string of the molecule is CC1CC(C)N(C(=O)c2cccc(CCN)c2)C1. The van der Waals surface area contributed by atoms with Crippen LogP contribution in [0.2, 0.25) is 0 Å². The van der Waals surface area contributed by atoms with Crippen LogP contribution in [0, 0.1) is 5.92 Å². The van der Waals surface area contributed by atoms with Crippen molar-refractivity contribution >= 4 is 5.91 Å². The number of hydrogen-bond acceptors (Lipinski definition) is 2. The van der Waals surface area contributed by atoms with Gasteiger partial charge >= 0.3 is 0 Å². The van der Waals surface area contributed by atoms with Crippen molar-refractivity contribution in [2.75, 3.05) is 13.1 Å². The molecule has 2 rings (SSSR count). The number of carbonyl (C=O) groups excluding carboxylic acids is 1. The van der Waals surface area contributed by atoms with Gasteiger partial charge in [0.05, 0.1) is 0 Å². The first-order valence-electron chi connectivity index (χ1n) is 6.71. The van der Waals surface area contributed by atoms with Crippen LogP contribution in [0.1, 0.15) is 36.2 Å². The fourth-order valence-corrected chi connectivity index (χ4v) is 2.78. The van der Waals surface area contributed by atoms with Crippen LogP contribution in [0.4, 0.5) is 0 Å². The molecular weight excluding hydrogens is 224 g/mol. The minimum Gasteiger partial charge on any atom is -0.336 e. The van der Waals surface area contributed by atoms with Gasteiger partial charge in [0, 0.05) is 18.2 Å². The molecule has 3 heteroatoms. The lowest BCUT2D eigenvalue weighted by atomic mass is 10.1. The van der Waals surface area contributed by atoms with E-state index in [-0.39, 0.29) is 5.91 Å². The summed E-state index contributed by atoms with van der Waals surface area (Å²) < 4.78 is 0. The lowest BCUT2D eigenvalue weighted by molar-refractivity contribution is 0.0743. The van der Waals surface area contributed by atoms with Gasteiger partial charge in [-0.1, -0.05) is 19.1 Å². The Balaban J connectivity index is 2.15. The Morgan fingerprint density at radius 3 is 2.83 bits per heavy atom. The second-order valence-corrected chi connectivity index (χ2v) is 5.39. The minimum atomic E-state index is 0.158. The molecule has 1 saturated heterocycles. The van der Waals surface area contributed by atoms with Gasteiger partial charge in [0.2, 0.25) is 0 Å². The summed E-state index contributed by atoms with van der Waals surface area (Å²) in [5.41, 5.74) is 7.49. The molecule has 0 bridgehead atoms. The van der Waals surface area contributed by atoms with Crippen LogP contribution in [-0.2, 0) is 6.42 Å². The maximum absolute atomic E-state index is 12.5. The molecule has 1 aliphatic heterocycles. The van der Waals surface area contributed by atoms with Crippen molar-refractivity contribution in [1.29, 1.82) is 0 Å². The summed E-state index contributed by atoms with van der Waals surface area (Å²) in [5.74, 6) is 0.766. The molecule has 0 spiro atoms. The summed E-state index contributed by atoms with van der Waals surface area (Å²) in [4.78, 5) is 14.4. The zero-order chi connectivity index (χ0) is 13.1. The summed E-state index contributed by atoms with van der Waals surface area (Å²) in [6.45, 7) is 5.83. The quantitative estimate of drug-likeness (QED) is 0.887. The van der Waals surface area contributed by atoms with Gasteiger partial charge in [0.15, 0.2) is 0 Å². The molecule has 1 fully saturated rings. The topological polar surface area (TPSA) is 46.3 Å². The van der Waals surface area contributed by atoms with E-state index in [9.17, 15) is 4.79 Å². The number of nitrogens with two attached hydrogens (primary N) is 1. The third-order valence-electron chi connectivity index (χ3n) is 3.65. The third-order valence-corrected chi connectivity index (χ3v) is 3.65. The number of rotatable bonds is 3. The average Bonchev–Trinajstić information content (AvgIpc) is 2.68. The van der Waals surface area contributed by atoms with Gasteiger partial charge < -0.3 is 10.6 Å². The van der Waals surface area contributed by atoms with Crippen molar-refractivity contribution in [3.8, 4) is 0 Å². The van der Waals surface area contributed by atoms with Crippen LogP contribution in [-0.4, -0.2) is 29.9 Å². The standard InChI is InChI=1S/C15H22N2O/c1-11-8-12(2)17(10-11)15(18)14-5-3-4-13(9-14)6-7-16/h3-5,9,11-12H,6-8,10,16H2,1-2H3. The van der Waals surface area contributed by atoms with Crippen LogP contribution in [0.5, 0.6) is 0 Å². The lowest BCUT2D eigenvalue weighted by Crippen LogP contribution is -2.34. The van der Waals surface area contributed by atoms with E-state index in [4.69, 9.17) is 5.73 Å². The highest BCUT2D eigenvalue weighted by Crippen LogP contribution is 2.24. The second kappa shape index (κ2) is 5.53. The molecular formula is C15H22N2O. The van der Waals surface area contributed by atoms with Gasteiger partial charge in [-0.2, -0.15) is 0 Å². The van der Waals surface area contributed by atoms with Gasteiger partial charge in [0.1, 0.15) is 0 Å². The Kier molecular flexibility index (Phi) is 4.02. The zero-order valence-corrected chi connectivity index (χ0v) is 11.2. The van der Waals surface area contributed by atoms with Crippen LogP contribution in [0.25, 0.3) is 0 Å². The van der Waals surface area contributed by atoms with E-state index < -0.39 is 0 Å². The molecule has 1 aromatic carbocycles. The van der Waals surface area contributed by atoms with Crippen LogP contribution in [0.3, 0.4) is 0 Å². The fourth-order valence-electron chi connectivity index (χ4n) is 2.78. The highest BCUT2D eigenvalue weighted by atomic mass is 16.2. The van der Waals surface area contributed by atoms with Gasteiger partial charge in [-0.25, -0.2) is 0 Å². The molecule has 0 radical (unpaired) electrons. The van der Waals surface area contributed by atoms with E-state index in [1.165, 1.54) is 0 Å². The molecule has 2 atom stereocenters. The first kappa shape index (κ1) is 13.1. The number of nitrogens with zero attached hydrogens (tertiary/aromatic N) is 1. The Labute approximate surface area is 109 Å². The predicted octanol–water partition coefficient (Wildman–Crippen LogP) is 2.06. The Hall–Kier alpha value is -1.35. The molecule has 2 unspecified atom stereocenters.